The van der Waals surface area contributed by atoms with Crippen LogP contribution in [0, 0.1) is 12.7 Å². The molecular weight excluding hydrogens is 539 g/mol. The Morgan fingerprint density at radius 3 is 2.62 bits per heavy atom. The molecule has 4 rings (SSSR count). The van der Waals surface area contributed by atoms with Gasteiger partial charge in [-0.3, -0.25) is 19.8 Å². The fourth-order valence-electron chi connectivity index (χ4n) is 5.44. The van der Waals surface area contributed by atoms with E-state index in [-0.39, 0.29) is 29.3 Å². The average Bonchev–Trinajstić information content (AvgIpc) is 3.33. The minimum Gasteiger partial charge on any atom is -0.477 e. The SMILES string of the molecule is Cc1cc(C(=O)N[C@H](C)C(=O)N2[C@H](c3cccc(Cl)c3)CC[C@@H]2C(C)(C)O)cc(F)c1OC1CC(C)NNC1=O. The van der Waals surface area contributed by atoms with E-state index in [1.54, 1.807) is 44.7 Å². The molecule has 9 nitrogen and oxygen atoms in total. The van der Waals surface area contributed by atoms with Gasteiger partial charge in [0, 0.05) is 23.0 Å². The fraction of sp³-hybridized carbons (Fsp3) is 0.483. The molecule has 2 aromatic rings. The Morgan fingerprint density at radius 1 is 1.25 bits per heavy atom. The number of hydrogen-bond acceptors (Lipinski definition) is 6. The molecule has 2 aliphatic heterocycles. The Bertz CT molecular complexity index is 1280. The second-order valence-corrected chi connectivity index (χ2v) is 11.7. The molecule has 0 aromatic heterocycles. The number of nitrogens with zero attached hydrogens (tertiary/aromatic N) is 1. The fourth-order valence-corrected chi connectivity index (χ4v) is 5.63. The number of halogens is 2. The number of rotatable bonds is 7. The predicted octanol–water partition coefficient (Wildman–Crippen LogP) is 3.57. The molecule has 2 aromatic carbocycles. The maximum atomic E-state index is 15.1. The zero-order valence-corrected chi connectivity index (χ0v) is 24.0. The minimum atomic E-state index is -1.17. The highest BCUT2D eigenvalue weighted by molar-refractivity contribution is 6.30. The summed E-state index contributed by atoms with van der Waals surface area (Å²) in [5.41, 5.74) is 5.31. The van der Waals surface area contributed by atoms with Crippen molar-refractivity contribution < 1.29 is 28.6 Å². The van der Waals surface area contributed by atoms with Crippen LogP contribution < -0.4 is 20.9 Å². The van der Waals surface area contributed by atoms with E-state index in [4.69, 9.17) is 16.3 Å². The van der Waals surface area contributed by atoms with Crippen LogP contribution in [0.5, 0.6) is 5.75 Å². The molecule has 5 atom stereocenters. The lowest BCUT2D eigenvalue weighted by Gasteiger charge is -2.38. The lowest BCUT2D eigenvalue weighted by molar-refractivity contribution is -0.141. The second-order valence-electron chi connectivity index (χ2n) is 11.2. The highest BCUT2D eigenvalue weighted by atomic mass is 35.5. The summed E-state index contributed by atoms with van der Waals surface area (Å²) in [4.78, 5) is 40.6. The molecule has 0 radical (unpaired) electrons. The molecular formula is C29H36ClFN4O5. The number of amides is 3. The van der Waals surface area contributed by atoms with Crippen molar-refractivity contribution in [2.24, 2.45) is 0 Å². The molecule has 3 amide bonds. The third-order valence-electron chi connectivity index (χ3n) is 7.46. The number of hydrazine groups is 1. The van der Waals surface area contributed by atoms with Crippen molar-refractivity contribution in [2.75, 3.05) is 0 Å². The Balaban J connectivity index is 1.51. The molecule has 0 saturated carbocycles. The Kier molecular flexibility index (Phi) is 8.72. The number of aliphatic hydroxyl groups is 1. The number of ether oxygens (including phenoxy) is 1. The van der Waals surface area contributed by atoms with Crippen molar-refractivity contribution in [3.8, 4) is 5.75 Å². The maximum absolute atomic E-state index is 15.1. The summed E-state index contributed by atoms with van der Waals surface area (Å²) in [6.07, 6.45) is 0.678. The molecule has 4 N–H and O–H groups in total. The Labute approximate surface area is 238 Å². The van der Waals surface area contributed by atoms with Crippen molar-refractivity contribution in [3.63, 3.8) is 0 Å². The summed E-state index contributed by atoms with van der Waals surface area (Å²) in [6.45, 7) is 8.32. The number of likely N-dealkylation sites (tertiary alicyclic amines) is 1. The number of nitrogens with one attached hydrogen (secondary N) is 3. The first kappa shape index (κ1) is 29.8. The van der Waals surface area contributed by atoms with Crippen LogP contribution in [-0.2, 0) is 9.59 Å². The predicted molar refractivity (Wildman–Crippen MR) is 148 cm³/mol. The van der Waals surface area contributed by atoms with Gasteiger partial charge < -0.3 is 20.1 Å². The first-order valence-electron chi connectivity index (χ1n) is 13.4. The van der Waals surface area contributed by atoms with Crippen LogP contribution in [0.3, 0.4) is 0 Å². The highest BCUT2D eigenvalue weighted by Gasteiger charge is 2.45. The molecule has 40 heavy (non-hydrogen) atoms. The van der Waals surface area contributed by atoms with Crippen molar-refractivity contribution >= 4 is 29.3 Å². The van der Waals surface area contributed by atoms with E-state index in [1.807, 2.05) is 19.1 Å². The topological polar surface area (TPSA) is 120 Å². The number of benzene rings is 2. The van der Waals surface area contributed by atoms with Gasteiger partial charge in [-0.2, -0.15) is 0 Å². The van der Waals surface area contributed by atoms with Gasteiger partial charge in [0.2, 0.25) is 5.91 Å². The molecule has 216 valence electrons. The summed E-state index contributed by atoms with van der Waals surface area (Å²) in [6, 6.07) is 7.91. The van der Waals surface area contributed by atoms with Crippen LogP contribution in [0.2, 0.25) is 5.02 Å². The lowest BCUT2D eigenvalue weighted by atomic mass is 9.96. The van der Waals surface area contributed by atoms with Crippen LogP contribution in [0.25, 0.3) is 0 Å². The van der Waals surface area contributed by atoms with Crippen LogP contribution in [0.15, 0.2) is 36.4 Å². The number of carbonyl (C=O) groups is 3. The Morgan fingerprint density at radius 2 is 1.98 bits per heavy atom. The maximum Gasteiger partial charge on any atom is 0.275 e. The van der Waals surface area contributed by atoms with Crippen LogP contribution in [-0.4, -0.2) is 57.6 Å². The Hall–Kier alpha value is -3.21. The average molecular weight is 575 g/mol. The number of carbonyl (C=O) groups excluding carboxylic acids is 3. The molecule has 0 bridgehead atoms. The van der Waals surface area contributed by atoms with Gasteiger partial charge in [0.15, 0.2) is 17.7 Å². The van der Waals surface area contributed by atoms with Gasteiger partial charge in [-0.05, 0) is 82.9 Å². The first-order chi connectivity index (χ1) is 18.8. The van der Waals surface area contributed by atoms with Crippen molar-refractivity contribution in [2.45, 2.75) is 89.8 Å². The standard InChI is InChI=1S/C29H36ClFN4O5/c1-15-11-19(14-21(31)25(15)40-23-12-16(2)33-34-27(23)37)26(36)32-17(3)28(38)35-22(9-10-24(35)29(4,5)39)18-7-6-8-20(30)13-18/h6-8,11,13-14,16-17,22-24,33,39H,9-10,12H2,1-5H3,(H,32,36)(H,34,37)/t16?,17-,22+,23?,24-/m1/s1. The number of aryl methyl sites for hydroxylation is 1. The highest BCUT2D eigenvalue weighted by Crippen LogP contribution is 2.41. The van der Waals surface area contributed by atoms with Gasteiger partial charge in [-0.25, -0.2) is 9.82 Å². The normalized spacial score (nSPS) is 23.9. The van der Waals surface area contributed by atoms with E-state index in [9.17, 15) is 19.5 Å². The summed E-state index contributed by atoms with van der Waals surface area (Å²) < 4.78 is 20.8. The van der Waals surface area contributed by atoms with E-state index in [2.05, 4.69) is 16.2 Å². The molecule has 0 aliphatic carbocycles. The zero-order chi connectivity index (χ0) is 29.4. The van der Waals surface area contributed by atoms with E-state index in [0.717, 1.165) is 11.6 Å². The summed E-state index contributed by atoms with van der Waals surface area (Å²) in [5.74, 6) is -2.31. The van der Waals surface area contributed by atoms with Crippen LogP contribution in [0.1, 0.15) is 74.5 Å². The summed E-state index contributed by atoms with van der Waals surface area (Å²) >= 11 is 6.21. The van der Waals surface area contributed by atoms with Crippen molar-refractivity contribution in [3.05, 3.63) is 63.9 Å². The van der Waals surface area contributed by atoms with E-state index in [0.29, 0.717) is 29.8 Å². The van der Waals surface area contributed by atoms with E-state index >= 15 is 4.39 Å². The minimum absolute atomic E-state index is 0.0111. The third kappa shape index (κ3) is 6.40. The zero-order valence-electron chi connectivity index (χ0n) is 23.3. The van der Waals surface area contributed by atoms with E-state index < -0.39 is 41.4 Å². The molecule has 0 spiro atoms. The summed E-state index contributed by atoms with van der Waals surface area (Å²) in [7, 11) is 0. The summed E-state index contributed by atoms with van der Waals surface area (Å²) in [5, 5.41) is 14.1. The van der Waals surface area contributed by atoms with Gasteiger partial charge in [0.05, 0.1) is 17.7 Å². The first-order valence-corrected chi connectivity index (χ1v) is 13.8. The molecule has 11 heteroatoms. The van der Waals surface area contributed by atoms with Crippen molar-refractivity contribution in [1.29, 1.82) is 0 Å². The monoisotopic (exact) mass is 574 g/mol. The van der Waals surface area contributed by atoms with E-state index in [1.165, 1.54) is 6.07 Å². The molecule has 2 aliphatic rings. The van der Waals surface area contributed by atoms with Crippen LogP contribution in [0.4, 0.5) is 4.39 Å². The van der Waals surface area contributed by atoms with Gasteiger partial charge >= 0.3 is 0 Å². The van der Waals surface area contributed by atoms with Crippen molar-refractivity contribution in [1.82, 2.24) is 21.1 Å². The largest absolute Gasteiger partial charge is 0.477 e. The van der Waals surface area contributed by atoms with Gasteiger partial charge in [-0.1, -0.05) is 23.7 Å². The molecule has 2 heterocycles. The lowest BCUT2D eigenvalue weighted by Crippen LogP contribution is -2.56. The molecule has 2 unspecified atom stereocenters. The van der Waals surface area contributed by atoms with Gasteiger partial charge in [0.25, 0.3) is 11.8 Å². The third-order valence-corrected chi connectivity index (χ3v) is 7.70. The quantitative estimate of drug-likeness (QED) is 0.401. The second kappa shape index (κ2) is 11.7. The van der Waals surface area contributed by atoms with Gasteiger partial charge in [-0.15, -0.1) is 0 Å². The number of hydrogen-bond donors (Lipinski definition) is 4. The van der Waals surface area contributed by atoms with Crippen LogP contribution >= 0.6 is 11.6 Å². The molecule has 2 fully saturated rings. The van der Waals surface area contributed by atoms with Gasteiger partial charge in [0.1, 0.15) is 6.04 Å². The molecule has 2 saturated heterocycles. The smallest absolute Gasteiger partial charge is 0.275 e.